The summed E-state index contributed by atoms with van der Waals surface area (Å²) in [5, 5.41) is 8.94. The van der Waals surface area contributed by atoms with Crippen molar-refractivity contribution in [2.75, 3.05) is 13.2 Å². The second-order valence-electron chi connectivity index (χ2n) is 5.19. The van der Waals surface area contributed by atoms with Crippen molar-refractivity contribution in [3.05, 3.63) is 0 Å². The number of ketones is 1. The molecule has 0 amide bonds. The molecule has 0 saturated heterocycles. The minimum atomic E-state index is 0.268. The molecule has 0 aromatic heterocycles. The van der Waals surface area contributed by atoms with Gasteiger partial charge in [-0.1, -0.05) is 6.42 Å². The number of hydrogen-bond donors (Lipinski definition) is 1. The first-order valence-electron chi connectivity index (χ1n) is 6.69. The van der Waals surface area contributed by atoms with E-state index in [2.05, 4.69) is 4.90 Å². The van der Waals surface area contributed by atoms with Crippen LogP contribution < -0.4 is 0 Å². The monoisotopic (exact) mass is 225 g/mol. The molecular formula is C13H23NO2. The van der Waals surface area contributed by atoms with Crippen molar-refractivity contribution in [1.29, 1.82) is 0 Å². The Morgan fingerprint density at radius 3 is 2.50 bits per heavy atom. The van der Waals surface area contributed by atoms with Crippen molar-refractivity contribution in [1.82, 2.24) is 4.90 Å². The van der Waals surface area contributed by atoms with E-state index in [1.807, 2.05) is 0 Å². The summed E-state index contributed by atoms with van der Waals surface area (Å²) in [6.45, 7) is 1.24. The smallest absolute Gasteiger partial charge is 0.134 e. The van der Waals surface area contributed by atoms with Gasteiger partial charge in [0, 0.05) is 38.1 Å². The molecule has 0 aliphatic heterocycles. The Labute approximate surface area is 97.8 Å². The van der Waals surface area contributed by atoms with Gasteiger partial charge in [-0.25, -0.2) is 0 Å². The lowest BCUT2D eigenvalue weighted by atomic mass is 9.86. The lowest BCUT2D eigenvalue weighted by molar-refractivity contribution is -0.122. The highest BCUT2D eigenvalue weighted by Crippen LogP contribution is 2.31. The molecule has 3 nitrogen and oxygen atoms in total. The van der Waals surface area contributed by atoms with Crippen LogP contribution in [0.3, 0.4) is 0 Å². The van der Waals surface area contributed by atoms with E-state index in [1.165, 1.54) is 25.7 Å². The van der Waals surface area contributed by atoms with E-state index in [-0.39, 0.29) is 6.61 Å². The first kappa shape index (κ1) is 12.1. The van der Waals surface area contributed by atoms with Gasteiger partial charge in [0.2, 0.25) is 0 Å². The van der Waals surface area contributed by atoms with E-state index in [9.17, 15) is 4.79 Å². The molecule has 0 aromatic rings. The summed E-state index contributed by atoms with van der Waals surface area (Å²) in [6, 6.07) is 1.17. The fraction of sp³-hybridized carbons (Fsp3) is 0.923. The van der Waals surface area contributed by atoms with E-state index in [4.69, 9.17) is 5.11 Å². The molecule has 0 radical (unpaired) electrons. The molecular weight excluding hydrogens is 202 g/mol. The number of carbonyl (C=O) groups is 1. The molecule has 0 bridgehead atoms. The average Bonchev–Trinajstić information content (AvgIpc) is 2.21. The Hall–Kier alpha value is -0.410. The molecule has 1 N–H and O–H groups in total. The SMILES string of the molecule is O=C1CCCC(N(CCCO)C2CCC2)C1. The van der Waals surface area contributed by atoms with Crippen molar-refractivity contribution in [2.24, 2.45) is 0 Å². The molecule has 3 heteroatoms. The maximum Gasteiger partial charge on any atom is 0.134 e. The average molecular weight is 225 g/mol. The molecule has 2 fully saturated rings. The Bertz CT molecular complexity index is 238. The molecule has 2 aliphatic carbocycles. The van der Waals surface area contributed by atoms with Crippen LogP contribution in [0.1, 0.15) is 51.4 Å². The van der Waals surface area contributed by atoms with E-state index in [0.29, 0.717) is 17.9 Å². The van der Waals surface area contributed by atoms with Crippen molar-refractivity contribution >= 4 is 5.78 Å². The van der Waals surface area contributed by atoms with Gasteiger partial charge in [0.15, 0.2) is 0 Å². The number of aliphatic hydroxyl groups is 1. The first-order chi connectivity index (χ1) is 7.81. The van der Waals surface area contributed by atoms with E-state index in [1.54, 1.807) is 0 Å². The van der Waals surface area contributed by atoms with Crippen LogP contribution >= 0.6 is 0 Å². The summed E-state index contributed by atoms with van der Waals surface area (Å²) >= 11 is 0. The molecule has 2 rings (SSSR count). The van der Waals surface area contributed by atoms with Gasteiger partial charge in [-0.2, -0.15) is 0 Å². The zero-order chi connectivity index (χ0) is 11.4. The second kappa shape index (κ2) is 5.78. The Balaban J connectivity index is 1.90. The summed E-state index contributed by atoms with van der Waals surface area (Å²) in [7, 11) is 0. The van der Waals surface area contributed by atoms with Gasteiger partial charge in [0.05, 0.1) is 0 Å². The third-order valence-electron chi connectivity index (χ3n) is 4.04. The molecule has 0 aromatic carbocycles. The van der Waals surface area contributed by atoms with Crippen LogP contribution in [-0.2, 0) is 4.79 Å². The largest absolute Gasteiger partial charge is 0.396 e. The van der Waals surface area contributed by atoms with Gasteiger partial charge in [0.25, 0.3) is 0 Å². The molecule has 2 aliphatic rings. The summed E-state index contributed by atoms with van der Waals surface area (Å²) in [5.41, 5.74) is 0. The molecule has 92 valence electrons. The van der Waals surface area contributed by atoms with Gasteiger partial charge >= 0.3 is 0 Å². The van der Waals surface area contributed by atoms with Gasteiger partial charge in [-0.05, 0) is 32.1 Å². The van der Waals surface area contributed by atoms with Gasteiger partial charge in [-0.15, -0.1) is 0 Å². The number of nitrogens with zero attached hydrogens (tertiary/aromatic N) is 1. The molecule has 1 unspecified atom stereocenters. The van der Waals surface area contributed by atoms with Crippen molar-refractivity contribution < 1.29 is 9.90 Å². The minimum Gasteiger partial charge on any atom is -0.396 e. The lowest BCUT2D eigenvalue weighted by Gasteiger charge is -2.43. The Morgan fingerprint density at radius 1 is 1.19 bits per heavy atom. The summed E-state index contributed by atoms with van der Waals surface area (Å²) in [4.78, 5) is 14.0. The zero-order valence-electron chi connectivity index (χ0n) is 10.0. The maximum absolute atomic E-state index is 11.5. The van der Waals surface area contributed by atoms with Gasteiger partial charge in [-0.3, -0.25) is 9.69 Å². The van der Waals surface area contributed by atoms with Crippen molar-refractivity contribution in [3.8, 4) is 0 Å². The van der Waals surface area contributed by atoms with E-state index in [0.717, 1.165) is 32.2 Å². The van der Waals surface area contributed by atoms with Crippen molar-refractivity contribution in [2.45, 2.75) is 63.5 Å². The molecule has 1 atom stereocenters. The first-order valence-corrected chi connectivity index (χ1v) is 6.69. The predicted molar refractivity (Wildman–Crippen MR) is 63.3 cm³/mol. The Kier molecular flexibility index (Phi) is 4.36. The van der Waals surface area contributed by atoms with Gasteiger partial charge in [0.1, 0.15) is 5.78 Å². The highest BCUT2D eigenvalue weighted by Gasteiger charge is 2.32. The third-order valence-corrected chi connectivity index (χ3v) is 4.04. The number of Topliss-reactive ketones (excluding diaryl/α,β-unsaturated/α-hetero) is 1. The maximum atomic E-state index is 11.5. The molecule has 16 heavy (non-hydrogen) atoms. The fourth-order valence-electron chi connectivity index (χ4n) is 2.92. The van der Waals surface area contributed by atoms with Crippen LogP contribution in [0, 0.1) is 0 Å². The van der Waals surface area contributed by atoms with Crippen LogP contribution in [0.5, 0.6) is 0 Å². The number of carbonyl (C=O) groups excluding carboxylic acids is 1. The van der Waals surface area contributed by atoms with Crippen LogP contribution in [-0.4, -0.2) is 41.0 Å². The number of hydrogen-bond acceptors (Lipinski definition) is 3. The number of aliphatic hydroxyl groups excluding tert-OH is 1. The standard InChI is InChI=1S/C13H23NO2/c15-9-3-8-14(11-4-1-5-11)12-6-2-7-13(16)10-12/h11-12,15H,1-10H2. The van der Waals surface area contributed by atoms with Crippen LogP contribution in [0.4, 0.5) is 0 Å². The predicted octanol–water partition coefficient (Wildman–Crippen LogP) is 1.73. The third kappa shape index (κ3) is 2.83. The van der Waals surface area contributed by atoms with Crippen LogP contribution in [0.25, 0.3) is 0 Å². The number of rotatable bonds is 5. The summed E-state index contributed by atoms with van der Waals surface area (Å²) < 4.78 is 0. The highest BCUT2D eigenvalue weighted by molar-refractivity contribution is 5.79. The van der Waals surface area contributed by atoms with Crippen LogP contribution in [0.15, 0.2) is 0 Å². The second-order valence-corrected chi connectivity index (χ2v) is 5.19. The normalized spacial score (nSPS) is 27.1. The Morgan fingerprint density at radius 2 is 1.94 bits per heavy atom. The quantitative estimate of drug-likeness (QED) is 0.774. The summed E-state index contributed by atoms with van der Waals surface area (Å²) in [5.74, 6) is 0.435. The fourth-order valence-corrected chi connectivity index (χ4v) is 2.92. The highest BCUT2D eigenvalue weighted by atomic mass is 16.3. The topological polar surface area (TPSA) is 40.5 Å². The zero-order valence-corrected chi connectivity index (χ0v) is 10.0. The molecule has 2 saturated carbocycles. The van der Waals surface area contributed by atoms with Crippen molar-refractivity contribution in [3.63, 3.8) is 0 Å². The summed E-state index contributed by atoms with van der Waals surface area (Å²) in [6.07, 6.45) is 8.53. The van der Waals surface area contributed by atoms with Gasteiger partial charge < -0.3 is 5.11 Å². The van der Waals surface area contributed by atoms with E-state index >= 15 is 0 Å². The molecule has 0 spiro atoms. The lowest BCUT2D eigenvalue weighted by Crippen LogP contribution is -2.49. The molecule has 0 heterocycles. The van der Waals surface area contributed by atoms with E-state index < -0.39 is 0 Å². The minimum absolute atomic E-state index is 0.268. The van der Waals surface area contributed by atoms with Crippen LogP contribution in [0.2, 0.25) is 0 Å².